The molecule has 1 fully saturated rings. The molecule has 0 spiro atoms. The normalized spacial score (nSPS) is 23.6. The van der Waals surface area contributed by atoms with Crippen LogP contribution in [0.5, 0.6) is 5.75 Å². The van der Waals surface area contributed by atoms with Gasteiger partial charge in [-0.2, -0.15) is 0 Å². The first kappa shape index (κ1) is 10.8. The molecule has 2 atom stereocenters. The zero-order valence-corrected chi connectivity index (χ0v) is 9.46. The van der Waals surface area contributed by atoms with Crippen molar-refractivity contribution in [1.82, 2.24) is 0 Å². The van der Waals surface area contributed by atoms with Gasteiger partial charge in [-0.25, -0.2) is 0 Å². The quantitative estimate of drug-likeness (QED) is 0.761. The number of rotatable bonds is 4. The lowest BCUT2D eigenvalue weighted by Crippen LogP contribution is -2.01. The third-order valence-corrected chi connectivity index (χ3v) is 3.32. The van der Waals surface area contributed by atoms with Crippen LogP contribution in [-0.4, -0.2) is 12.9 Å². The Morgan fingerprint density at radius 1 is 1.47 bits per heavy atom. The van der Waals surface area contributed by atoms with E-state index in [0.717, 1.165) is 12.7 Å². The van der Waals surface area contributed by atoms with Gasteiger partial charge in [-0.1, -0.05) is 29.3 Å². The van der Waals surface area contributed by atoms with E-state index >= 15 is 0 Å². The van der Waals surface area contributed by atoms with Crippen LogP contribution >= 0.6 is 23.2 Å². The highest BCUT2D eigenvalue weighted by atomic mass is 35.5. The van der Waals surface area contributed by atoms with Crippen molar-refractivity contribution in [2.24, 2.45) is 11.8 Å². The van der Waals surface area contributed by atoms with Crippen molar-refractivity contribution in [3.05, 3.63) is 28.2 Å². The lowest BCUT2D eigenvalue weighted by atomic mass is 10.3. The number of halogens is 2. The molecule has 2 unspecified atom stereocenters. The maximum absolute atomic E-state index is 10.4. The van der Waals surface area contributed by atoms with E-state index in [2.05, 4.69) is 0 Å². The predicted molar refractivity (Wildman–Crippen MR) is 59.6 cm³/mol. The molecule has 0 N–H and O–H groups in total. The van der Waals surface area contributed by atoms with Crippen molar-refractivity contribution in [3.63, 3.8) is 0 Å². The maximum Gasteiger partial charge on any atom is 0.139 e. The second-order valence-electron chi connectivity index (χ2n) is 3.66. The SMILES string of the molecule is O=CC1CC1COc1cccc(Cl)c1Cl. The van der Waals surface area contributed by atoms with Crippen LogP contribution in [0.1, 0.15) is 6.42 Å². The van der Waals surface area contributed by atoms with Crippen LogP contribution in [-0.2, 0) is 4.79 Å². The summed E-state index contributed by atoms with van der Waals surface area (Å²) in [5.41, 5.74) is 0. The van der Waals surface area contributed by atoms with Gasteiger partial charge in [0, 0.05) is 11.8 Å². The van der Waals surface area contributed by atoms with Crippen LogP contribution in [0, 0.1) is 11.8 Å². The average molecular weight is 245 g/mol. The molecule has 0 amide bonds. The predicted octanol–water partition coefficient (Wildman–Crippen LogP) is 3.21. The maximum atomic E-state index is 10.4. The lowest BCUT2D eigenvalue weighted by Gasteiger charge is -2.07. The molecule has 0 radical (unpaired) electrons. The smallest absolute Gasteiger partial charge is 0.139 e. The Kier molecular flexibility index (Phi) is 3.17. The third kappa shape index (κ3) is 2.44. The van der Waals surface area contributed by atoms with Crippen LogP contribution in [0.15, 0.2) is 18.2 Å². The third-order valence-electron chi connectivity index (χ3n) is 2.52. The highest BCUT2D eigenvalue weighted by Crippen LogP contribution is 2.38. The monoisotopic (exact) mass is 244 g/mol. The standard InChI is InChI=1S/C11H10Cl2O2/c12-9-2-1-3-10(11(9)13)15-6-8-4-7(8)5-14/h1-3,5,7-8H,4,6H2. The van der Waals surface area contributed by atoms with Crippen LogP contribution in [0.2, 0.25) is 10.0 Å². The molecular weight excluding hydrogens is 235 g/mol. The van der Waals surface area contributed by atoms with E-state index in [4.69, 9.17) is 27.9 Å². The van der Waals surface area contributed by atoms with Gasteiger partial charge in [-0.15, -0.1) is 0 Å². The number of hydrogen-bond donors (Lipinski definition) is 0. The fraction of sp³-hybridized carbons (Fsp3) is 0.364. The minimum absolute atomic E-state index is 0.169. The van der Waals surface area contributed by atoms with Gasteiger partial charge in [-0.05, 0) is 18.6 Å². The number of benzene rings is 1. The van der Waals surface area contributed by atoms with Crippen molar-refractivity contribution in [1.29, 1.82) is 0 Å². The van der Waals surface area contributed by atoms with Crippen molar-refractivity contribution in [2.45, 2.75) is 6.42 Å². The molecule has 80 valence electrons. The van der Waals surface area contributed by atoms with E-state index in [1.165, 1.54) is 0 Å². The molecule has 2 rings (SSSR count). The number of carbonyl (C=O) groups is 1. The number of carbonyl (C=O) groups excluding carboxylic acids is 1. The van der Waals surface area contributed by atoms with Gasteiger partial charge in [0.25, 0.3) is 0 Å². The zero-order chi connectivity index (χ0) is 10.8. The molecule has 1 saturated carbocycles. The van der Waals surface area contributed by atoms with Crippen LogP contribution in [0.25, 0.3) is 0 Å². The van der Waals surface area contributed by atoms with Crippen LogP contribution in [0.4, 0.5) is 0 Å². The van der Waals surface area contributed by atoms with E-state index in [1.807, 2.05) is 0 Å². The lowest BCUT2D eigenvalue weighted by molar-refractivity contribution is -0.109. The fourth-order valence-corrected chi connectivity index (χ4v) is 1.77. The second kappa shape index (κ2) is 4.42. The van der Waals surface area contributed by atoms with Gasteiger partial charge in [0.05, 0.1) is 11.6 Å². The summed E-state index contributed by atoms with van der Waals surface area (Å²) in [4.78, 5) is 10.4. The average Bonchev–Trinajstić information content (AvgIpc) is 2.99. The number of hydrogen-bond acceptors (Lipinski definition) is 2. The summed E-state index contributed by atoms with van der Waals surface area (Å²) in [6.45, 7) is 0.531. The van der Waals surface area contributed by atoms with Crippen LogP contribution in [0.3, 0.4) is 0 Å². The molecule has 1 aromatic carbocycles. The minimum atomic E-state index is 0.169. The van der Waals surface area contributed by atoms with Gasteiger partial charge >= 0.3 is 0 Å². The molecule has 0 saturated heterocycles. The highest BCUT2D eigenvalue weighted by Gasteiger charge is 2.37. The Bertz CT molecular complexity index is 379. The second-order valence-corrected chi connectivity index (χ2v) is 4.44. The molecule has 0 bridgehead atoms. The van der Waals surface area contributed by atoms with E-state index < -0.39 is 0 Å². The summed E-state index contributed by atoms with van der Waals surface area (Å²) >= 11 is 11.8. The molecule has 1 aromatic rings. The van der Waals surface area contributed by atoms with E-state index in [9.17, 15) is 4.79 Å². The van der Waals surface area contributed by atoms with Gasteiger partial charge in [0.1, 0.15) is 17.1 Å². The van der Waals surface area contributed by atoms with Crippen molar-refractivity contribution < 1.29 is 9.53 Å². The largest absolute Gasteiger partial charge is 0.492 e. The summed E-state index contributed by atoms with van der Waals surface area (Å²) in [5, 5.41) is 0.916. The Morgan fingerprint density at radius 2 is 2.27 bits per heavy atom. The fourth-order valence-electron chi connectivity index (χ4n) is 1.42. The molecular formula is C11H10Cl2O2. The summed E-state index contributed by atoms with van der Waals surface area (Å²) in [5.74, 6) is 1.10. The van der Waals surface area contributed by atoms with Crippen molar-refractivity contribution in [3.8, 4) is 5.75 Å². The first-order valence-corrected chi connectivity index (χ1v) is 5.50. The summed E-state index contributed by atoms with van der Waals surface area (Å²) < 4.78 is 5.50. The van der Waals surface area contributed by atoms with E-state index in [0.29, 0.717) is 28.3 Å². The van der Waals surface area contributed by atoms with Gasteiger partial charge in [-0.3, -0.25) is 0 Å². The molecule has 4 heteroatoms. The number of aldehydes is 1. The molecule has 0 aliphatic heterocycles. The first-order chi connectivity index (χ1) is 7.22. The number of ether oxygens (including phenoxy) is 1. The Balaban J connectivity index is 1.94. The Labute approximate surface area is 98.1 Å². The summed E-state index contributed by atoms with van der Waals surface area (Å²) in [6.07, 6.45) is 1.90. The molecule has 1 aliphatic rings. The zero-order valence-electron chi connectivity index (χ0n) is 7.95. The molecule has 0 heterocycles. The summed E-state index contributed by atoms with van der Waals surface area (Å²) in [6, 6.07) is 5.27. The van der Waals surface area contributed by atoms with Gasteiger partial charge in [0.2, 0.25) is 0 Å². The van der Waals surface area contributed by atoms with E-state index in [-0.39, 0.29) is 5.92 Å². The molecule has 0 aromatic heterocycles. The van der Waals surface area contributed by atoms with Crippen molar-refractivity contribution in [2.75, 3.05) is 6.61 Å². The highest BCUT2D eigenvalue weighted by molar-refractivity contribution is 6.42. The van der Waals surface area contributed by atoms with Crippen molar-refractivity contribution >= 4 is 29.5 Å². The van der Waals surface area contributed by atoms with E-state index in [1.54, 1.807) is 18.2 Å². The molecule has 1 aliphatic carbocycles. The Morgan fingerprint density at radius 3 is 2.93 bits per heavy atom. The van der Waals surface area contributed by atoms with Gasteiger partial charge < -0.3 is 9.53 Å². The molecule has 2 nitrogen and oxygen atoms in total. The van der Waals surface area contributed by atoms with Crippen LogP contribution < -0.4 is 4.74 Å². The summed E-state index contributed by atoms with van der Waals surface area (Å²) in [7, 11) is 0. The minimum Gasteiger partial charge on any atom is -0.492 e. The van der Waals surface area contributed by atoms with Gasteiger partial charge in [0.15, 0.2) is 0 Å². The first-order valence-electron chi connectivity index (χ1n) is 4.74. The molecule has 15 heavy (non-hydrogen) atoms. The topological polar surface area (TPSA) is 26.3 Å². The Hall–Kier alpha value is -0.730.